The maximum atomic E-state index is 11.2. The quantitative estimate of drug-likeness (QED) is 0.587. The predicted octanol–water partition coefficient (Wildman–Crippen LogP) is 1.82. The number of carbonyl (C=O) groups is 2. The molecular weight excluding hydrogens is 180 g/mol. The van der Waals surface area contributed by atoms with Gasteiger partial charge in [-0.3, -0.25) is 4.79 Å². The van der Waals surface area contributed by atoms with E-state index < -0.39 is 11.8 Å². The third kappa shape index (κ3) is 1.99. The van der Waals surface area contributed by atoms with Crippen LogP contribution in [0, 0.1) is 6.92 Å². The topological polar surface area (TPSA) is 54.4 Å². The van der Waals surface area contributed by atoms with Crippen molar-refractivity contribution < 1.29 is 14.7 Å². The molecule has 0 aromatic heterocycles. The van der Waals surface area contributed by atoms with E-state index >= 15 is 0 Å². The van der Waals surface area contributed by atoms with E-state index in [0.29, 0.717) is 5.56 Å². The molecule has 0 amide bonds. The number of hydrogen-bond acceptors (Lipinski definition) is 2. The van der Waals surface area contributed by atoms with Crippen molar-refractivity contribution >= 4 is 11.8 Å². The number of benzene rings is 1. The summed E-state index contributed by atoms with van der Waals surface area (Å²) < 4.78 is 0. The maximum Gasteiger partial charge on any atom is 0.377 e. The summed E-state index contributed by atoms with van der Waals surface area (Å²) in [5.74, 6) is -2.24. The summed E-state index contributed by atoms with van der Waals surface area (Å²) in [7, 11) is 0. The number of carboxylic acid groups (broad SMARTS) is 1. The predicted molar refractivity (Wildman–Crippen MR) is 52.5 cm³/mol. The van der Waals surface area contributed by atoms with Crippen LogP contribution >= 0.6 is 0 Å². The van der Waals surface area contributed by atoms with Crippen molar-refractivity contribution in [1.82, 2.24) is 0 Å². The average molecular weight is 192 g/mol. The van der Waals surface area contributed by atoms with Gasteiger partial charge in [-0.25, -0.2) is 4.79 Å². The molecule has 1 rings (SSSR count). The molecule has 0 fully saturated rings. The lowest BCUT2D eigenvalue weighted by molar-refractivity contribution is -0.131. The van der Waals surface area contributed by atoms with Gasteiger partial charge in [0, 0.05) is 5.56 Å². The van der Waals surface area contributed by atoms with Gasteiger partial charge >= 0.3 is 5.97 Å². The van der Waals surface area contributed by atoms with Crippen LogP contribution in [-0.2, 0) is 11.2 Å². The summed E-state index contributed by atoms with van der Waals surface area (Å²) in [6.07, 6.45) is 0.792. The molecule has 74 valence electrons. The SMILES string of the molecule is CCc1ccc(C)c(C(=O)C(=O)O)c1. The van der Waals surface area contributed by atoms with Crippen LogP contribution in [0.5, 0.6) is 0 Å². The van der Waals surface area contributed by atoms with Gasteiger partial charge in [0.1, 0.15) is 0 Å². The van der Waals surface area contributed by atoms with E-state index in [4.69, 9.17) is 5.11 Å². The smallest absolute Gasteiger partial charge is 0.377 e. The van der Waals surface area contributed by atoms with E-state index in [-0.39, 0.29) is 5.56 Å². The zero-order valence-corrected chi connectivity index (χ0v) is 8.20. The Morgan fingerprint density at radius 3 is 2.50 bits per heavy atom. The van der Waals surface area contributed by atoms with Gasteiger partial charge in [0.2, 0.25) is 0 Å². The van der Waals surface area contributed by atoms with Crippen LogP contribution in [0.1, 0.15) is 28.4 Å². The van der Waals surface area contributed by atoms with E-state index in [1.807, 2.05) is 13.0 Å². The number of hydrogen-bond donors (Lipinski definition) is 1. The van der Waals surface area contributed by atoms with E-state index in [9.17, 15) is 9.59 Å². The van der Waals surface area contributed by atoms with E-state index in [1.54, 1.807) is 19.1 Å². The Kier molecular flexibility index (Phi) is 3.02. The van der Waals surface area contributed by atoms with E-state index in [0.717, 1.165) is 12.0 Å². The fourth-order valence-corrected chi connectivity index (χ4v) is 1.25. The van der Waals surface area contributed by atoms with E-state index in [2.05, 4.69) is 0 Å². The molecule has 0 aliphatic rings. The molecule has 0 heterocycles. The molecular formula is C11H12O3. The molecule has 0 unspecified atom stereocenters. The van der Waals surface area contributed by atoms with Gasteiger partial charge in [0.05, 0.1) is 0 Å². The fourth-order valence-electron chi connectivity index (χ4n) is 1.25. The summed E-state index contributed by atoms with van der Waals surface area (Å²) >= 11 is 0. The van der Waals surface area contributed by atoms with Crippen molar-refractivity contribution in [2.24, 2.45) is 0 Å². The molecule has 0 bridgehead atoms. The van der Waals surface area contributed by atoms with Crippen LogP contribution < -0.4 is 0 Å². The van der Waals surface area contributed by atoms with Crippen LogP contribution in [0.25, 0.3) is 0 Å². The highest BCUT2D eigenvalue weighted by molar-refractivity contribution is 6.40. The van der Waals surface area contributed by atoms with Crippen molar-refractivity contribution in [3.05, 3.63) is 34.9 Å². The minimum atomic E-state index is -1.40. The summed E-state index contributed by atoms with van der Waals surface area (Å²) in [6, 6.07) is 5.31. The standard InChI is InChI=1S/C11H12O3/c1-3-8-5-4-7(2)9(6-8)10(12)11(13)14/h4-6H,3H2,1-2H3,(H,13,14). The molecule has 0 radical (unpaired) electrons. The first-order chi connectivity index (χ1) is 6.56. The fraction of sp³-hybridized carbons (Fsp3) is 0.273. The van der Waals surface area contributed by atoms with Crippen molar-refractivity contribution in [3.8, 4) is 0 Å². The minimum absolute atomic E-state index is 0.289. The van der Waals surface area contributed by atoms with Crippen molar-refractivity contribution in [3.63, 3.8) is 0 Å². The third-order valence-electron chi connectivity index (χ3n) is 2.15. The van der Waals surface area contributed by atoms with Crippen LogP contribution in [0.4, 0.5) is 0 Å². The third-order valence-corrected chi connectivity index (χ3v) is 2.15. The van der Waals surface area contributed by atoms with Gasteiger partial charge in [-0.15, -0.1) is 0 Å². The lowest BCUT2D eigenvalue weighted by Gasteiger charge is -2.04. The number of carbonyl (C=O) groups excluding carboxylic acids is 1. The van der Waals surface area contributed by atoms with Gasteiger partial charge in [-0.05, 0) is 30.5 Å². The van der Waals surface area contributed by atoms with Crippen LogP contribution in [0.3, 0.4) is 0 Å². The van der Waals surface area contributed by atoms with Crippen molar-refractivity contribution in [1.29, 1.82) is 0 Å². The largest absolute Gasteiger partial charge is 0.475 e. The average Bonchev–Trinajstić information content (AvgIpc) is 2.17. The molecule has 3 heteroatoms. The molecule has 0 atom stereocenters. The Labute approximate surface area is 82.4 Å². The second kappa shape index (κ2) is 4.05. The Bertz CT molecular complexity index is 380. The summed E-state index contributed by atoms with van der Waals surface area (Å²) in [5, 5.41) is 8.57. The lowest BCUT2D eigenvalue weighted by Crippen LogP contribution is -2.14. The van der Waals surface area contributed by atoms with Gasteiger partial charge < -0.3 is 5.11 Å². The second-order valence-electron chi connectivity index (χ2n) is 3.14. The Morgan fingerprint density at radius 2 is 2.00 bits per heavy atom. The molecule has 1 N–H and O–H groups in total. The monoisotopic (exact) mass is 192 g/mol. The zero-order chi connectivity index (χ0) is 10.7. The highest BCUT2D eigenvalue weighted by atomic mass is 16.4. The minimum Gasteiger partial charge on any atom is -0.475 e. The molecule has 3 nitrogen and oxygen atoms in total. The van der Waals surface area contributed by atoms with Gasteiger partial charge in [0.25, 0.3) is 5.78 Å². The number of ketones is 1. The Morgan fingerprint density at radius 1 is 1.36 bits per heavy atom. The van der Waals surface area contributed by atoms with Crippen molar-refractivity contribution in [2.45, 2.75) is 20.3 Å². The molecule has 0 aliphatic heterocycles. The molecule has 1 aromatic rings. The molecule has 0 saturated heterocycles. The summed E-state index contributed by atoms with van der Waals surface area (Å²) in [5.41, 5.74) is 1.96. The van der Waals surface area contributed by atoms with Crippen LogP contribution in [0.2, 0.25) is 0 Å². The van der Waals surface area contributed by atoms with Gasteiger partial charge in [-0.1, -0.05) is 19.1 Å². The number of aliphatic carboxylic acids is 1. The van der Waals surface area contributed by atoms with Gasteiger partial charge in [-0.2, -0.15) is 0 Å². The van der Waals surface area contributed by atoms with Crippen LogP contribution in [-0.4, -0.2) is 16.9 Å². The Hall–Kier alpha value is -1.64. The van der Waals surface area contributed by atoms with Gasteiger partial charge in [0.15, 0.2) is 0 Å². The zero-order valence-electron chi connectivity index (χ0n) is 8.20. The maximum absolute atomic E-state index is 11.2. The normalized spacial score (nSPS) is 9.86. The second-order valence-corrected chi connectivity index (χ2v) is 3.14. The molecule has 1 aromatic carbocycles. The number of Topliss-reactive ketones (excluding diaryl/α,β-unsaturated/α-hetero) is 1. The molecule has 0 aliphatic carbocycles. The number of aryl methyl sites for hydroxylation is 2. The van der Waals surface area contributed by atoms with Crippen molar-refractivity contribution in [2.75, 3.05) is 0 Å². The Balaban J connectivity index is 3.19. The highest BCUT2D eigenvalue weighted by Gasteiger charge is 2.16. The number of carboxylic acids is 1. The first-order valence-electron chi connectivity index (χ1n) is 4.43. The lowest BCUT2D eigenvalue weighted by atomic mass is 10.0. The van der Waals surface area contributed by atoms with Crippen LogP contribution in [0.15, 0.2) is 18.2 Å². The highest BCUT2D eigenvalue weighted by Crippen LogP contribution is 2.12. The number of rotatable bonds is 3. The van der Waals surface area contributed by atoms with E-state index in [1.165, 1.54) is 0 Å². The molecule has 14 heavy (non-hydrogen) atoms. The molecule has 0 spiro atoms. The summed E-state index contributed by atoms with van der Waals surface area (Å²) in [4.78, 5) is 21.7. The summed E-state index contributed by atoms with van der Waals surface area (Å²) in [6.45, 7) is 3.69. The first-order valence-corrected chi connectivity index (χ1v) is 4.43. The first kappa shape index (κ1) is 10.4. The molecule has 0 saturated carbocycles.